The van der Waals surface area contributed by atoms with E-state index in [4.69, 9.17) is 9.47 Å². The first-order valence-electron chi connectivity index (χ1n) is 14.1. The molecule has 0 aliphatic heterocycles. The van der Waals surface area contributed by atoms with Crippen molar-refractivity contribution in [3.05, 3.63) is 94.0 Å². The van der Waals surface area contributed by atoms with Gasteiger partial charge >= 0.3 is 0 Å². The Kier molecular flexibility index (Phi) is 12.5. The molecule has 6 nitrogen and oxygen atoms in total. The molecule has 214 valence electrons. The molecule has 2 atom stereocenters. The first-order chi connectivity index (χ1) is 19.3. The molecule has 3 aromatic carbocycles. The summed E-state index contributed by atoms with van der Waals surface area (Å²) < 4.78 is 12.4. The van der Waals surface area contributed by atoms with Gasteiger partial charge < -0.3 is 19.7 Å². The molecule has 0 unspecified atom stereocenters. The van der Waals surface area contributed by atoms with Gasteiger partial charge in [-0.2, -0.15) is 0 Å². The second-order valence-corrected chi connectivity index (χ2v) is 10.7. The molecule has 7 heteroatoms. The topological polar surface area (TPSA) is 67.9 Å². The third-order valence-electron chi connectivity index (χ3n) is 6.77. The van der Waals surface area contributed by atoms with E-state index in [-0.39, 0.29) is 24.3 Å². The van der Waals surface area contributed by atoms with Gasteiger partial charge in [0.15, 0.2) is 11.5 Å². The van der Waals surface area contributed by atoms with Gasteiger partial charge in [0.1, 0.15) is 6.04 Å². The van der Waals surface area contributed by atoms with Crippen LogP contribution in [-0.2, 0) is 29.0 Å². The number of hydrogen-bond donors (Lipinski definition) is 1. The van der Waals surface area contributed by atoms with Crippen LogP contribution in [0.4, 0.5) is 0 Å². The Labute approximate surface area is 247 Å². The molecular formula is C33H41BrN2O4. The summed E-state index contributed by atoms with van der Waals surface area (Å²) in [6, 6.07) is 22.9. The van der Waals surface area contributed by atoms with E-state index >= 15 is 0 Å². The first-order valence-corrected chi connectivity index (χ1v) is 14.9. The van der Waals surface area contributed by atoms with E-state index in [1.54, 1.807) is 4.90 Å². The Morgan fingerprint density at radius 1 is 0.850 bits per heavy atom. The summed E-state index contributed by atoms with van der Waals surface area (Å²) in [7, 11) is 0. The number of rotatable bonds is 15. The molecule has 3 aromatic rings. The van der Waals surface area contributed by atoms with Crippen molar-refractivity contribution in [2.75, 3.05) is 13.2 Å². The molecule has 0 aromatic heterocycles. The molecule has 0 heterocycles. The van der Waals surface area contributed by atoms with Crippen molar-refractivity contribution in [1.29, 1.82) is 0 Å². The fourth-order valence-electron chi connectivity index (χ4n) is 4.43. The lowest BCUT2D eigenvalue weighted by Gasteiger charge is -2.32. The summed E-state index contributed by atoms with van der Waals surface area (Å²) in [5.74, 6) is 1.16. The minimum atomic E-state index is -0.646. The number of nitrogens with one attached hydrogen (secondary N) is 1. The molecule has 3 rings (SSSR count). The molecule has 0 aliphatic carbocycles. The summed E-state index contributed by atoms with van der Waals surface area (Å²) >= 11 is 3.49. The zero-order valence-electron chi connectivity index (χ0n) is 24.0. The first kappa shape index (κ1) is 31.2. The molecule has 0 aliphatic rings. The summed E-state index contributed by atoms with van der Waals surface area (Å²) in [4.78, 5) is 29.3. The SMILES string of the molecule is CCOc1ccc(CCC(=O)N(Cc2ccc(Br)cc2)[C@H](Cc2ccccc2)C(=O)N[C@@H](C)CC)cc1OCC. The molecule has 0 saturated carbocycles. The van der Waals surface area contributed by atoms with Crippen LogP contribution in [0.1, 0.15) is 57.2 Å². The Morgan fingerprint density at radius 2 is 1.50 bits per heavy atom. The van der Waals surface area contributed by atoms with Crippen LogP contribution >= 0.6 is 15.9 Å². The Bertz CT molecular complexity index is 1220. The second kappa shape index (κ2) is 16.1. The van der Waals surface area contributed by atoms with Crippen LogP contribution in [0.15, 0.2) is 77.3 Å². The van der Waals surface area contributed by atoms with Gasteiger partial charge in [0.05, 0.1) is 13.2 Å². The predicted octanol–water partition coefficient (Wildman–Crippen LogP) is 6.73. The fourth-order valence-corrected chi connectivity index (χ4v) is 4.69. The van der Waals surface area contributed by atoms with Crippen LogP contribution in [0.5, 0.6) is 11.5 Å². The molecule has 2 amide bonds. The van der Waals surface area contributed by atoms with Gasteiger partial charge in [-0.3, -0.25) is 9.59 Å². The van der Waals surface area contributed by atoms with Crippen molar-refractivity contribution in [2.45, 2.75) is 72.0 Å². The highest BCUT2D eigenvalue weighted by Gasteiger charge is 2.30. The number of benzene rings is 3. The highest BCUT2D eigenvalue weighted by molar-refractivity contribution is 9.10. The summed E-state index contributed by atoms with van der Waals surface area (Å²) in [5, 5.41) is 3.12. The van der Waals surface area contributed by atoms with Crippen molar-refractivity contribution < 1.29 is 19.1 Å². The monoisotopic (exact) mass is 608 g/mol. The van der Waals surface area contributed by atoms with Gasteiger partial charge in [0, 0.05) is 29.9 Å². The molecule has 0 bridgehead atoms. The second-order valence-electron chi connectivity index (χ2n) is 9.82. The van der Waals surface area contributed by atoms with Crippen molar-refractivity contribution in [1.82, 2.24) is 10.2 Å². The lowest BCUT2D eigenvalue weighted by Crippen LogP contribution is -2.52. The highest BCUT2D eigenvalue weighted by atomic mass is 79.9. The molecule has 0 fully saturated rings. The fraction of sp³-hybridized carbons (Fsp3) is 0.394. The van der Waals surface area contributed by atoms with Crippen LogP contribution in [-0.4, -0.2) is 42.0 Å². The number of ether oxygens (including phenoxy) is 2. The van der Waals surface area contributed by atoms with Crippen molar-refractivity contribution >= 4 is 27.7 Å². The summed E-state index contributed by atoms with van der Waals surface area (Å²) in [6.07, 6.45) is 2.03. The third-order valence-corrected chi connectivity index (χ3v) is 7.30. The quantitative estimate of drug-likeness (QED) is 0.208. The van der Waals surface area contributed by atoms with Crippen LogP contribution in [0.25, 0.3) is 0 Å². The number of halogens is 1. The molecular weight excluding hydrogens is 568 g/mol. The number of amides is 2. The maximum atomic E-state index is 13.9. The van der Waals surface area contributed by atoms with Crippen LogP contribution in [0.3, 0.4) is 0 Å². The van der Waals surface area contributed by atoms with Crippen molar-refractivity contribution in [3.63, 3.8) is 0 Å². The molecule has 0 spiro atoms. The van der Waals surface area contributed by atoms with E-state index in [9.17, 15) is 9.59 Å². The van der Waals surface area contributed by atoms with Gasteiger partial charge in [-0.25, -0.2) is 0 Å². The minimum absolute atomic E-state index is 0.0104. The summed E-state index contributed by atoms with van der Waals surface area (Å²) in [5.41, 5.74) is 2.95. The predicted molar refractivity (Wildman–Crippen MR) is 164 cm³/mol. The average molecular weight is 610 g/mol. The third kappa shape index (κ3) is 9.40. The zero-order valence-corrected chi connectivity index (χ0v) is 25.6. The van der Waals surface area contributed by atoms with E-state index in [2.05, 4.69) is 21.2 Å². The average Bonchev–Trinajstić information content (AvgIpc) is 2.96. The van der Waals surface area contributed by atoms with E-state index in [0.717, 1.165) is 27.6 Å². The van der Waals surface area contributed by atoms with Crippen molar-refractivity contribution in [2.24, 2.45) is 0 Å². The number of carbonyl (C=O) groups excluding carboxylic acids is 2. The van der Waals surface area contributed by atoms with Gasteiger partial charge in [0.25, 0.3) is 0 Å². The lowest BCUT2D eigenvalue weighted by molar-refractivity contribution is -0.141. The smallest absolute Gasteiger partial charge is 0.243 e. The van der Waals surface area contributed by atoms with E-state index in [0.29, 0.717) is 44.1 Å². The van der Waals surface area contributed by atoms with Crippen molar-refractivity contribution in [3.8, 4) is 11.5 Å². The normalized spacial score (nSPS) is 12.3. The Balaban J connectivity index is 1.90. The standard InChI is InChI=1S/C33H41BrN2O4/c1-5-24(4)35-33(38)29(21-25-11-9-8-10-12-25)36(23-27-13-17-28(34)18-14-27)32(37)20-16-26-15-19-30(39-6-2)31(22-26)40-7-3/h8-15,17-19,22,24,29H,5-7,16,20-21,23H2,1-4H3,(H,35,38)/t24-,29+/m0/s1. The molecule has 0 radical (unpaired) electrons. The van der Waals surface area contributed by atoms with E-state index in [1.807, 2.05) is 100 Å². The maximum absolute atomic E-state index is 13.9. The Hall–Kier alpha value is -3.32. The van der Waals surface area contributed by atoms with Gasteiger partial charge in [-0.1, -0.05) is 71.4 Å². The zero-order chi connectivity index (χ0) is 28.9. The molecule has 1 N–H and O–H groups in total. The maximum Gasteiger partial charge on any atom is 0.243 e. The summed E-state index contributed by atoms with van der Waals surface area (Å²) in [6.45, 7) is 9.30. The minimum Gasteiger partial charge on any atom is -0.490 e. The van der Waals surface area contributed by atoms with Crippen LogP contribution in [0, 0.1) is 0 Å². The largest absolute Gasteiger partial charge is 0.490 e. The van der Waals surface area contributed by atoms with Gasteiger partial charge in [-0.15, -0.1) is 0 Å². The number of nitrogens with zero attached hydrogens (tertiary/aromatic N) is 1. The molecule has 40 heavy (non-hydrogen) atoms. The van der Waals surface area contributed by atoms with Gasteiger partial charge in [0.2, 0.25) is 11.8 Å². The number of carbonyl (C=O) groups is 2. The van der Waals surface area contributed by atoms with Gasteiger partial charge in [-0.05, 0) is 74.6 Å². The number of hydrogen-bond acceptors (Lipinski definition) is 4. The van der Waals surface area contributed by atoms with Crippen LogP contribution in [0.2, 0.25) is 0 Å². The molecule has 0 saturated heterocycles. The van der Waals surface area contributed by atoms with E-state index in [1.165, 1.54) is 0 Å². The lowest BCUT2D eigenvalue weighted by atomic mass is 10.0. The van der Waals surface area contributed by atoms with Crippen LogP contribution < -0.4 is 14.8 Å². The highest BCUT2D eigenvalue weighted by Crippen LogP contribution is 2.29. The Morgan fingerprint density at radius 3 is 2.15 bits per heavy atom. The van der Waals surface area contributed by atoms with E-state index < -0.39 is 6.04 Å². The number of aryl methyl sites for hydroxylation is 1.